The zero-order chi connectivity index (χ0) is 20.4. The number of halogens is 1. The zero-order valence-electron chi connectivity index (χ0n) is 15.5. The summed E-state index contributed by atoms with van der Waals surface area (Å²) in [6.07, 6.45) is 3.79. The van der Waals surface area contributed by atoms with Crippen LogP contribution in [0.25, 0.3) is 10.9 Å². The first kappa shape index (κ1) is 19.0. The van der Waals surface area contributed by atoms with Crippen LogP contribution in [0, 0.1) is 11.3 Å². The van der Waals surface area contributed by atoms with E-state index in [1.165, 1.54) is 6.20 Å². The van der Waals surface area contributed by atoms with Crippen LogP contribution in [-0.2, 0) is 6.54 Å². The number of benzene rings is 1. The number of amides is 1. The van der Waals surface area contributed by atoms with Gasteiger partial charge in [-0.1, -0.05) is 17.7 Å². The zero-order valence-corrected chi connectivity index (χ0v) is 16.3. The minimum absolute atomic E-state index is 0.0713. The van der Waals surface area contributed by atoms with E-state index in [1.807, 2.05) is 12.1 Å². The van der Waals surface area contributed by atoms with E-state index in [2.05, 4.69) is 20.2 Å². The number of aromatic hydroxyl groups is 1. The third kappa shape index (κ3) is 3.80. The Morgan fingerprint density at radius 2 is 2.07 bits per heavy atom. The summed E-state index contributed by atoms with van der Waals surface area (Å²) in [6, 6.07) is 10.5. The maximum atomic E-state index is 12.5. The number of nitrogens with zero attached hydrogens (tertiary/aromatic N) is 4. The van der Waals surface area contributed by atoms with E-state index in [-0.39, 0.29) is 18.0 Å². The highest BCUT2D eigenvalue weighted by atomic mass is 35.5. The Bertz CT molecular complexity index is 1140. The molecule has 0 aliphatic carbocycles. The Kier molecular flexibility index (Phi) is 5.19. The summed E-state index contributed by atoms with van der Waals surface area (Å²) in [4.78, 5) is 23.4. The number of anilines is 1. The molecule has 1 aromatic carbocycles. The Labute approximate surface area is 172 Å². The van der Waals surface area contributed by atoms with Gasteiger partial charge >= 0.3 is 0 Å². The minimum atomic E-state index is -0.520. The van der Waals surface area contributed by atoms with Crippen LogP contribution < -0.4 is 10.2 Å². The van der Waals surface area contributed by atoms with Gasteiger partial charge in [-0.15, -0.1) is 0 Å². The molecule has 2 aromatic heterocycles. The van der Waals surface area contributed by atoms with Crippen LogP contribution in [0.5, 0.6) is 5.75 Å². The van der Waals surface area contributed by atoms with E-state index in [9.17, 15) is 9.90 Å². The van der Waals surface area contributed by atoms with Gasteiger partial charge in [-0.25, -0.2) is 9.97 Å². The molecule has 1 aliphatic heterocycles. The highest BCUT2D eigenvalue weighted by molar-refractivity contribution is 6.31. The van der Waals surface area contributed by atoms with Gasteiger partial charge in [0.2, 0.25) is 0 Å². The molecule has 8 heteroatoms. The third-order valence-electron chi connectivity index (χ3n) is 4.97. The molecule has 4 rings (SSSR count). The predicted molar refractivity (Wildman–Crippen MR) is 110 cm³/mol. The number of rotatable bonds is 4. The highest BCUT2D eigenvalue weighted by Gasteiger charge is 2.19. The number of nitrogens with one attached hydrogen (secondary N) is 1. The maximum Gasteiger partial charge on any atom is 0.274 e. The fourth-order valence-corrected chi connectivity index (χ4v) is 3.63. The molecule has 0 saturated carbocycles. The number of carbonyl (C=O) groups is 1. The van der Waals surface area contributed by atoms with Crippen molar-refractivity contribution in [3.63, 3.8) is 0 Å². The van der Waals surface area contributed by atoms with Crippen LogP contribution in [0.2, 0.25) is 5.02 Å². The van der Waals surface area contributed by atoms with Crippen molar-refractivity contribution in [2.75, 3.05) is 18.0 Å². The van der Waals surface area contributed by atoms with Crippen LogP contribution >= 0.6 is 11.6 Å². The van der Waals surface area contributed by atoms with Gasteiger partial charge in [0, 0.05) is 30.0 Å². The normalized spacial score (nSPS) is 13.4. The minimum Gasteiger partial charge on any atom is -0.505 e. The van der Waals surface area contributed by atoms with Crippen molar-refractivity contribution in [2.24, 2.45) is 0 Å². The van der Waals surface area contributed by atoms with E-state index >= 15 is 0 Å². The van der Waals surface area contributed by atoms with Crippen LogP contribution in [-0.4, -0.2) is 34.1 Å². The molecule has 0 bridgehead atoms. The summed E-state index contributed by atoms with van der Waals surface area (Å²) in [7, 11) is 0. The summed E-state index contributed by atoms with van der Waals surface area (Å²) in [5.41, 5.74) is 1.58. The Balaban J connectivity index is 1.54. The van der Waals surface area contributed by atoms with Gasteiger partial charge in [-0.05, 0) is 42.7 Å². The van der Waals surface area contributed by atoms with E-state index in [0.717, 1.165) is 31.7 Å². The molecule has 1 saturated heterocycles. The van der Waals surface area contributed by atoms with Crippen molar-refractivity contribution in [1.82, 2.24) is 15.3 Å². The molecule has 2 N–H and O–H groups in total. The number of hydrogen-bond donors (Lipinski definition) is 2. The van der Waals surface area contributed by atoms with Gasteiger partial charge in [-0.2, -0.15) is 5.26 Å². The third-order valence-corrected chi connectivity index (χ3v) is 5.32. The molecular formula is C21H18ClN5O2. The Morgan fingerprint density at radius 1 is 1.28 bits per heavy atom. The van der Waals surface area contributed by atoms with Crippen molar-refractivity contribution < 1.29 is 9.90 Å². The molecule has 0 spiro atoms. The van der Waals surface area contributed by atoms with Crippen molar-refractivity contribution in [1.29, 1.82) is 5.26 Å². The Morgan fingerprint density at radius 3 is 2.79 bits per heavy atom. The number of pyridine rings is 2. The molecule has 146 valence electrons. The molecule has 3 heterocycles. The molecule has 0 atom stereocenters. The fourth-order valence-electron chi connectivity index (χ4n) is 3.39. The Hall–Kier alpha value is -3.37. The number of carbonyl (C=O) groups excluding carboxylic acids is 1. The van der Waals surface area contributed by atoms with Gasteiger partial charge < -0.3 is 15.3 Å². The van der Waals surface area contributed by atoms with Gasteiger partial charge in [0.05, 0.1) is 23.3 Å². The van der Waals surface area contributed by atoms with Crippen molar-refractivity contribution in [3.05, 3.63) is 58.4 Å². The maximum absolute atomic E-state index is 12.5. The van der Waals surface area contributed by atoms with Crippen LogP contribution in [0.1, 0.15) is 34.5 Å². The van der Waals surface area contributed by atoms with Gasteiger partial charge in [0.15, 0.2) is 11.4 Å². The summed E-state index contributed by atoms with van der Waals surface area (Å²) in [5, 5.41) is 23.0. The van der Waals surface area contributed by atoms with Gasteiger partial charge in [0.1, 0.15) is 5.82 Å². The lowest BCUT2D eigenvalue weighted by Crippen LogP contribution is -2.24. The lowest BCUT2D eigenvalue weighted by atomic mass is 10.1. The van der Waals surface area contributed by atoms with Crippen molar-refractivity contribution in [3.8, 4) is 11.8 Å². The second-order valence-electron chi connectivity index (χ2n) is 6.85. The number of hydrogen-bond acceptors (Lipinski definition) is 6. The van der Waals surface area contributed by atoms with Gasteiger partial charge in [0.25, 0.3) is 5.91 Å². The average molecular weight is 408 g/mol. The molecule has 0 radical (unpaired) electrons. The standard InChI is InChI=1S/C21H18ClN5O2/c22-16-9-13(10-23)3-4-14(16)11-25-21(29)19-20(28)15-5-6-18(26-17(15)12-24-19)27-7-1-2-8-27/h3-6,9,12,28H,1-2,7-8,11H2,(H,25,29). The monoisotopic (exact) mass is 407 g/mol. The van der Waals surface area contributed by atoms with Crippen LogP contribution in [0.15, 0.2) is 36.5 Å². The lowest BCUT2D eigenvalue weighted by molar-refractivity contribution is 0.0943. The second-order valence-corrected chi connectivity index (χ2v) is 7.26. The fraction of sp³-hybridized carbons (Fsp3) is 0.238. The number of nitriles is 1. The predicted octanol–water partition coefficient (Wildman–Crippen LogP) is 3.39. The topological polar surface area (TPSA) is 102 Å². The molecule has 1 amide bonds. The summed E-state index contributed by atoms with van der Waals surface area (Å²) < 4.78 is 0. The van der Waals surface area contributed by atoms with Crippen molar-refractivity contribution >= 4 is 34.2 Å². The van der Waals surface area contributed by atoms with E-state index in [1.54, 1.807) is 24.3 Å². The summed E-state index contributed by atoms with van der Waals surface area (Å²) in [5.74, 6) is 0.128. The van der Waals surface area contributed by atoms with Crippen molar-refractivity contribution in [2.45, 2.75) is 19.4 Å². The summed E-state index contributed by atoms with van der Waals surface area (Å²) >= 11 is 6.14. The molecule has 0 unspecified atom stereocenters. The second kappa shape index (κ2) is 7.94. The first-order valence-corrected chi connectivity index (χ1v) is 9.65. The lowest BCUT2D eigenvalue weighted by Gasteiger charge is -2.17. The van der Waals surface area contributed by atoms with E-state index < -0.39 is 5.91 Å². The average Bonchev–Trinajstić information content (AvgIpc) is 3.27. The molecule has 3 aromatic rings. The first-order valence-electron chi connectivity index (χ1n) is 9.27. The number of fused-ring (bicyclic) bond motifs is 1. The molecular weight excluding hydrogens is 390 g/mol. The molecule has 1 fully saturated rings. The first-order chi connectivity index (χ1) is 14.1. The summed E-state index contributed by atoms with van der Waals surface area (Å²) in [6.45, 7) is 2.08. The molecule has 7 nitrogen and oxygen atoms in total. The van der Waals surface area contributed by atoms with E-state index in [4.69, 9.17) is 16.9 Å². The van der Waals surface area contributed by atoms with Crippen LogP contribution in [0.4, 0.5) is 5.82 Å². The quantitative estimate of drug-likeness (QED) is 0.687. The van der Waals surface area contributed by atoms with E-state index in [0.29, 0.717) is 27.1 Å². The highest BCUT2D eigenvalue weighted by Crippen LogP contribution is 2.29. The van der Waals surface area contributed by atoms with Gasteiger partial charge in [-0.3, -0.25) is 4.79 Å². The SMILES string of the molecule is N#Cc1ccc(CNC(=O)c2ncc3nc(N4CCCC4)ccc3c2O)c(Cl)c1. The molecule has 29 heavy (non-hydrogen) atoms. The number of aromatic nitrogens is 2. The van der Waals surface area contributed by atoms with Crippen LogP contribution in [0.3, 0.4) is 0 Å². The molecule has 1 aliphatic rings. The smallest absolute Gasteiger partial charge is 0.274 e. The largest absolute Gasteiger partial charge is 0.505 e.